The van der Waals surface area contributed by atoms with E-state index in [1.165, 1.54) is 25.9 Å². The van der Waals surface area contributed by atoms with Crippen LogP contribution in [0.3, 0.4) is 0 Å². The molecule has 0 bridgehead atoms. The van der Waals surface area contributed by atoms with E-state index in [4.69, 9.17) is 4.74 Å². The first-order chi connectivity index (χ1) is 9.67. The molecular weight excluding hydrogens is 379 g/mol. The summed E-state index contributed by atoms with van der Waals surface area (Å²) in [7, 11) is 1.82. The zero-order valence-corrected chi connectivity index (χ0v) is 16.4. The second kappa shape index (κ2) is 12.5. The first-order valence-electron chi connectivity index (χ1n) is 7.93. The van der Waals surface area contributed by atoms with Gasteiger partial charge in [0.1, 0.15) is 0 Å². The zero-order chi connectivity index (χ0) is 14.8. The summed E-state index contributed by atoms with van der Waals surface area (Å²) in [5, 5.41) is 6.71. The smallest absolute Gasteiger partial charge is 0.191 e. The standard InChI is InChI=1S/C15H32N4O.HI/c1-5-20-10-8-17-15(16-4)18-11-14-7-6-9-19(12-14)13(2)3;/h13-14H,5-12H2,1-4H3,(H2,16,17,18);1H. The highest BCUT2D eigenvalue weighted by atomic mass is 127. The van der Waals surface area contributed by atoms with Crippen LogP contribution in [-0.4, -0.2) is 63.3 Å². The Kier molecular flexibility index (Phi) is 12.4. The van der Waals surface area contributed by atoms with Crippen molar-refractivity contribution >= 4 is 29.9 Å². The monoisotopic (exact) mass is 412 g/mol. The number of nitrogens with zero attached hydrogens (tertiary/aromatic N) is 2. The Balaban J connectivity index is 0.00000400. The number of hydrogen-bond donors (Lipinski definition) is 2. The average Bonchev–Trinajstić information content (AvgIpc) is 2.47. The first-order valence-corrected chi connectivity index (χ1v) is 7.93. The van der Waals surface area contributed by atoms with Crippen molar-refractivity contribution in [1.29, 1.82) is 0 Å². The van der Waals surface area contributed by atoms with E-state index in [9.17, 15) is 0 Å². The quantitative estimate of drug-likeness (QED) is 0.290. The summed E-state index contributed by atoms with van der Waals surface area (Å²) in [6.45, 7) is 12.3. The molecule has 0 aromatic carbocycles. The van der Waals surface area contributed by atoms with Crippen LogP contribution in [0.4, 0.5) is 0 Å². The molecule has 0 saturated carbocycles. The second-order valence-electron chi connectivity index (χ2n) is 5.67. The number of rotatable bonds is 7. The predicted molar refractivity (Wildman–Crippen MR) is 101 cm³/mol. The van der Waals surface area contributed by atoms with Gasteiger partial charge in [-0.25, -0.2) is 0 Å². The average molecular weight is 412 g/mol. The molecule has 21 heavy (non-hydrogen) atoms. The summed E-state index contributed by atoms with van der Waals surface area (Å²) < 4.78 is 5.31. The largest absolute Gasteiger partial charge is 0.380 e. The number of hydrogen-bond acceptors (Lipinski definition) is 3. The van der Waals surface area contributed by atoms with E-state index in [1.807, 2.05) is 14.0 Å². The van der Waals surface area contributed by atoms with Crippen LogP contribution in [0.15, 0.2) is 4.99 Å². The molecule has 0 amide bonds. The molecule has 0 aromatic heterocycles. The van der Waals surface area contributed by atoms with Crippen LogP contribution in [-0.2, 0) is 4.74 Å². The van der Waals surface area contributed by atoms with E-state index < -0.39 is 0 Å². The first kappa shape index (κ1) is 20.9. The van der Waals surface area contributed by atoms with Gasteiger partial charge in [-0.1, -0.05) is 0 Å². The maximum Gasteiger partial charge on any atom is 0.191 e. The molecular formula is C15H33IN4O. The van der Waals surface area contributed by atoms with E-state index in [0.717, 1.165) is 38.2 Å². The molecule has 1 aliphatic rings. The van der Waals surface area contributed by atoms with Crippen LogP contribution in [0.25, 0.3) is 0 Å². The Bertz CT molecular complexity index is 287. The van der Waals surface area contributed by atoms with Gasteiger partial charge in [-0.05, 0) is 46.1 Å². The number of likely N-dealkylation sites (tertiary alicyclic amines) is 1. The van der Waals surface area contributed by atoms with Gasteiger partial charge in [0.05, 0.1) is 6.61 Å². The highest BCUT2D eigenvalue weighted by Gasteiger charge is 2.21. The lowest BCUT2D eigenvalue weighted by Gasteiger charge is -2.35. The van der Waals surface area contributed by atoms with Crippen molar-refractivity contribution in [2.24, 2.45) is 10.9 Å². The van der Waals surface area contributed by atoms with Crippen LogP contribution in [0.2, 0.25) is 0 Å². The van der Waals surface area contributed by atoms with Crippen LogP contribution in [0.1, 0.15) is 33.6 Å². The van der Waals surface area contributed by atoms with Gasteiger partial charge in [0.2, 0.25) is 0 Å². The van der Waals surface area contributed by atoms with E-state index in [1.54, 1.807) is 0 Å². The maximum absolute atomic E-state index is 5.31. The van der Waals surface area contributed by atoms with E-state index >= 15 is 0 Å². The maximum atomic E-state index is 5.31. The molecule has 1 rings (SSSR count). The van der Waals surface area contributed by atoms with Crippen molar-refractivity contribution in [2.75, 3.05) is 46.4 Å². The number of nitrogens with one attached hydrogen (secondary N) is 2. The molecule has 1 unspecified atom stereocenters. The third kappa shape index (κ3) is 8.83. The van der Waals surface area contributed by atoms with E-state index in [2.05, 4.69) is 34.4 Å². The number of aliphatic imine (C=N–C) groups is 1. The van der Waals surface area contributed by atoms with Crippen molar-refractivity contribution in [3.63, 3.8) is 0 Å². The molecule has 1 aliphatic heterocycles. The molecule has 0 aliphatic carbocycles. The van der Waals surface area contributed by atoms with E-state index in [0.29, 0.717) is 6.04 Å². The van der Waals surface area contributed by atoms with Gasteiger partial charge in [-0.3, -0.25) is 4.99 Å². The lowest BCUT2D eigenvalue weighted by molar-refractivity contribution is 0.140. The van der Waals surface area contributed by atoms with Gasteiger partial charge >= 0.3 is 0 Å². The van der Waals surface area contributed by atoms with Gasteiger partial charge in [0, 0.05) is 39.3 Å². The Morgan fingerprint density at radius 2 is 2.14 bits per heavy atom. The zero-order valence-electron chi connectivity index (χ0n) is 14.0. The van der Waals surface area contributed by atoms with Crippen molar-refractivity contribution in [2.45, 2.75) is 39.7 Å². The Labute approximate surface area is 147 Å². The number of guanidine groups is 1. The fourth-order valence-electron chi connectivity index (χ4n) is 2.58. The third-order valence-electron chi connectivity index (χ3n) is 3.81. The molecule has 0 spiro atoms. The fourth-order valence-corrected chi connectivity index (χ4v) is 2.58. The van der Waals surface area contributed by atoms with Crippen molar-refractivity contribution in [3.05, 3.63) is 0 Å². The molecule has 0 radical (unpaired) electrons. The number of ether oxygens (including phenoxy) is 1. The summed E-state index contributed by atoms with van der Waals surface area (Å²) in [5.41, 5.74) is 0. The highest BCUT2D eigenvalue weighted by molar-refractivity contribution is 14.0. The number of piperidine rings is 1. The Morgan fingerprint density at radius 3 is 2.76 bits per heavy atom. The van der Waals surface area contributed by atoms with Gasteiger partial charge < -0.3 is 20.3 Å². The van der Waals surface area contributed by atoms with Gasteiger partial charge in [-0.2, -0.15) is 0 Å². The van der Waals surface area contributed by atoms with Gasteiger partial charge in [-0.15, -0.1) is 24.0 Å². The van der Waals surface area contributed by atoms with Gasteiger partial charge in [0.25, 0.3) is 0 Å². The molecule has 1 saturated heterocycles. The minimum absolute atomic E-state index is 0. The molecule has 0 aromatic rings. The van der Waals surface area contributed by atoms with Crippen molar-refractivity contribution < 1.29 is 4.74 Å². The van der Waals surface area contributed by atoms with Gasteiger partial charge in [0.15, 0.2) is 5.96 Å². The van der Waals surface area contributed by atoms with Crippen molar-refractivity contribution in [3.8, 4) is 0 Å². The Morgan fingerprint density at radius 1 is 1.38 bits per heavy atom. The molecule has 6 heteroatoms. The van der Waals surface area contributed by atoms with Crippen LogP contribution in [0.5, 0.6) is 0 Å². The SMILES string of the molecule is CCOCCNC(=NC)NCC1CCCN(C(C)C)C1.I. The van der Waals surface area contributed by atoms with E-state index in [-0.39, 0.29) is 24.0 Å². The van der Waals surface area contributed by atoms with Crippen LogP contribution in [0, 0.1) is 5.92 Å². The summed E-state index contributed by atoms with van der Waals surface area (Å²) in [6.07, 6.45) is 2.62. The second-order valence-corrected chi connectivity index (χ2v) is 5.67. The normalized spacial score (nSPS) is 20.2. The van der Waals surface area contributed by atoms with Crippen LogP contribution >= 0.6 is 24.0 Å². The minimum atomic E-state index is 0. The van der Waals surface area contributed by atoms with Crippen LogP contribution < -0.4 is 10.6 Å². The lowest BCUT2D eigenvalue weighted by Crippen LogP contribution is -2.46. The predicted octanol–water partition coefficient (Wildman–Crippen LogP) is 1.93. The molecule has 2 N–H and O–H groups in total. The van der Waals surface area contributed by atoms with Crippen molar-refractivity contribution in [1.82, 2.24) is 15.5 Å². The highest BCUT2D eigenvalue weighted by Crippen LogP contribution is 2.17. The molecule has 5 nitrogen and oxygen atoms in total. The molecule has 1 heterocycles. The summed E-state index contributed by atoms with van der Waals surface area (Å²) in [6, 6.07) is 0.654. The Hall–Kier alpha value is -0.0800. The fraction of sp³-hybridized carbons (Fsp3) is 0.933. The summed E-state index contributed by atoms with van der Waals surface area (Å²) in [5.74, 6) is 1.60. The lowest BCUT2D eigenvalue weighted by atomic mass is 9.97. The topological polar surface area (TPSA) is 48.9 Å². The molecule has 1 atom stereocenters. The number of halogens is 1. The molecule has 1 fully saturated rings. The molecule has 126 valence electrons. The summed E-state index contributed by atoms with van der Waals surface area (Å²) >= 11 is 0. The third-order valence-corrected chi connectivity index (χ3v) is 3.81. The minimum Gasteiger partial charge on any atom is -0.380 e. The summed E-state index contributed by atoms with van der Waals surface area (Å²) in [4.78, 5) is 6.82.